The van der Waals surface area contributed by atoms with Crippen LogP contribution in [0.25, 0.3) is 0 Å². The highest BCUT2D eigenvalue weighted by Gasteiger charge is 2.13. The van der Waals surface area contributed by atoms with Crippen LogP contribution in [0.15, 0.2) is 60.7 Å². The molecule has 1 heteroatoms. The van der Waals surface area contributed by atoms with Crippen molar-refractivity contribution >= 4 is 0 Å². The topological polar surface area (TPSA) is 9.23 Å². The predicted octanol–water partition coefficient (Wildman–Crippen LogP) is 6.98. The SMILES string of the molecule is CCCCCCCCCCOCC(c1ccccc1)c1ccccc1. The first-order chi connectivity index (χ1) is 12.4. The molecule has 136 valence electrons. The molecule has 0 heterocycles. The highest BCUT2D eigenvalue weighted by Crippen LogP contribution is 2.24. The molecule has 0 aromatic heterocycles. The summed E-state index contributed by atoms with van der Waals surface area (Å²) in [6.45, 7) is 3.92. The summed E-state index contributed by atoms with van der Waals surface area (Å²) in [5, 5.41) is 0. The lowest BCUT2D eigenvalue weighted by Crippen LogP contribution is -2.10. The van der Waals surface area contributed by atoms with Crippen LogP contribution in [0.5, 0.6) is 0 Å². The summed E-state index contributed by atoms with van der Waals surface area (Å²) in [5.74, 6) is 0.330. The van der Waals surface area contributed by atoms with Crippen LogP contribution in [0.3, 0.4) is 0 Å². The van der Waals surface area contributed by atoms with Gasteiger partial charge in [-0.3, -0.25) is 0 Å². The molecule has 0 atom stereocenters. The average molecular weight is 339 g/mol. The van der Waals surface area contributed by atoms with Crippen LogP contribution in [0.2, 0.25) is 0 Å². The molecule has 0 saturated carbocycles. The third-order valence-corrected chi connectivity index (χ3v) is 4.83. The van der Waals surface area contributed by atoms with Crippen LogP contribution in [-0.2, 0) is 4.74 Å². The molecule has 0 aliphatic heterocycles. The van der Waals surface area contributed by atoms with Gasteiger partial charge in [-0.2, -0.15) is 0 Å². The van der Waals surface area contributed by atoms with Crippen LogP contribution < -0.4 is 0 Å². The fourth-order valence-electron chi connectivity index (χ4n) is 3.29. The fourth-order valence-corrected chi connectivity index (χ4v) is 3.29. The second kappa shape index (κ2) is 12.7. The minimum Gasteiger partial charge on any atom is -0.380 e. The molecule has 0 saturated heterocycles. The van der Waals surface area contributed by atoms with Gasteiger partial charge >= 0.3 is 0 Å². The van der Waals surface area contributed by atoms with E-state index in [1.54, 1.807) is 0 Å². The Kier molecular flexibility index (Phi) is 10.0. The second-order valence-electron chi connectivity index (χ2n) is 6.92. The zero-order valence-corrected chi connectivity index (χ0v) is 15.8. The van der Waals surface area contributed by atoms with E-state index in [1.807, 2.05) is 0 Å². The molecular formula is C24H34O. The zero-order chi connectivity index (χ0) is 17.6. The number of hydrogen-bond acceptors (Lipinski definition) is 1. The first-order valence-electron chi connectivity index (χ1n) is 10.1. The second-order valence-corrected chi connectivity index (χ2v) is 6.92. The van der Waals surface area contributed by atoms with E-state index in [0.29, 0.717) is 5.92 Å². The number of ether oxygens (including phenoxy) is 1. The van der Waals surface area contributed by atoms with Crippen molar-refractivity contribution in [3.63, 3.8) is 0 Å². The normalized spacial score (nSPS) is 11.1. The summed E-state index contributed by atoms with van der Waals surface area (Å²) in [6.07, 6.45) is 10.8. The average Bonchev–Trinajstić information content (AvgIpc) is 2.67. The Labute approximate surface area is 154 Å². The van der Waals surface area contributed by atoms with Crippen LogP contribution in [0.1, 0.15) is 75.3 Å². The standard InChI is InChI=1S/C24H34O/c1-2-3-4-5-6-7-8-15-20-25-21-24(22-16-11-9-12-17-22)23-18-13-10-14-19-23/h9-14,16-19,24H,2-8,15,20-21H2,1H3. The molecule has 0 bridgehead atoms. The predicted molar refractivity (Wildman–Crippen MR) is 108 cm³/mol. The van der Waals surface area contributed by atoms with Crippen molar-refractivity contribution in [2.45, 2.75) is 64.2 Å². The van der Waals surface area contributed by atoms with E-state index in [2.05, 4.69) is 67.6 Å². The molecule has 0 spiro atoms. The molecule has 0 unspecified atom stereocenters. The van der Waals surface area contributed by atoms with Crippen molar-refractivity contribution in [3.05, 3.63) is 71.8 Å². The monoisotopic (exact) mass is 338 g/mol. The molecule has 1 nitrogen and oxygen atoms in total. The van der Waals surface area contributed by atoms with Gasteiger partial charge in [-0.25, -0.2) is 0 Å². The van der Waals surface area contributed by atoms with Gasteiger partial charge in [-0.1, -0.05) is 113 Å². The quantitative estimate of drug-likeness (QED) is 0.358. The third kappa shape index (κ3) is 7.88. The molecular weight excluding hydrogens is 304 g/mol. The Bertz CT molecular complexity index is 495. The van der Waals surface area contributed by atoms with Crippen molar-refractivity contribution in [2.24, 2.45) is 0 Å². The molecule has 2 aromatic rings. The summed E-state index contributed by atoms with van der Waals surface area (Å²) in [6, 6.07) is 21.4. The lowest BCUT2D eigenvalue weighted by atomic mass is 9.92. The zero-order valence-electron chi connectivity index (χ0n) is 15.8. The Hall–Kier alpha value is -1.60. The Morgan fingerprint density at radius 3 is 1.64 bits per heavy atom. The van der Waals surface area contributed by atoms with Gasteiger partial charge < -0.3 is 4.74 Å². The summed E-state index contributed by atoms with van der Waals surface area (Å²) in [4.78, 5) is 0. The van der Waals surface area contributed by atoms with Crippen molar-refractivity contribution in [2.75, 3.05) is 13.2 Å². The van der Waals surface area contributed by atoms with Crippen molar-refractivity contribution in [1.82, 2.24) is 0 Å². The largest absolute Gasteiger partial charge is 0.380 e. The number of rotatable bonds is 13. The van der Waals surface area contributed by atoms with Crippen LogP contribution >= 0.6 is 0 Å². The molecule has 0 fully saturated rings. The van der Waals surface area contributed by atoms with Gasteiger partial charge in [0.15, 0.2) is 0 Å². The number of benzene rings is 2. The molecule has 0 aliphatic carbocycles. The highest BCUT2D eigenvalue weighted by molar-refractivity contribution is 5.32. The van der Waals surface area contributed by atoms with E-state index >= 15 is 0 Å². The van der Waals surface area contributed by atoms with Gasteiger partial charge in [0.1, 0.15) is 0 Å². The maximum Gasteiger partial charge on any atom is 0.0575 e. The summed E-state index contributed by atoms with van der Waals surface area (Å²) in [5.41, 5.74) is 2.68. The Morgan fingerprint density at radius 1 is 0.640 bits per heavy atom. The van der Waals surface area contributed by atoms with E-state index in [1.165, 1.54) is 62.5 Å². The van der Waals surface area contributed by atoms with Crippen LogP contribution in [-0.4, -0.2) is 13.2 Å². The molecule has 2 aromatic carbocycles. The summed E-state index contributed by atoms with van der Waals surface area (Å²) < 4.78 is 6.05. The number of unbranched alkanes of at least 4 members (excludes halogenated alkanes) is 7. The van der Waals surface area contributed by atoms with Gasteiger partial charge in [-0.05, 0) is 17.5 Å². The third-order valence-electron chi connectivity index (χ3n) is 4.83. The van der Waals surface area contributed by atoms with E-state index in [4.69, 9.17) is 4.74 Å². The first-order valence-corrected chi connectivity index (χ1v) is 10.1. The highest BCUT2D eigenvalue weighted by atomic mass is 16.5. The molecule has 0 amide bonds. The smallest absolute Gasteiger partial charge is 0.0575 e. The van der Waals surface area contributed by atoms with Crippen molar-refractivity contribution < 1.29 is 4.74 Å². The van der Waals surface area contributed by atoms with Gasteiger partial charge in [0, 0.05) is 12.5 Å². The van der Waals surface area contributed by atoms with Gasteiger partial charge in [0.25, 0.3) is 0 Å². The molecule has 2 rings (SSSR count). The minimum atomic E-state index is 0.330. The lowest BCUT2D eigenvalue weighted by Gasteiger charge is -2.18. The molecule has 0 aliphatic rings. The molecule has 25 heavy (non-hydrogen) atoms. The maximum absolute atomic E-state index is 6.05. The van der Waals surface area contributed by atoms with Crippen LogP contribution in [0.4, 0.5) is 0 Å². The van der Waals surface area contributed by atoms with E-state index in [9.17, 15) is 0 Å². The van der Waals surface area contributed by atoms with Crippen molar-refractivity contribution in [3.8, 4) is 0 Å². The van der Waals surface area contributed by atoms with Crippen LogP contribution in [0, 0.1) is 0 Å². The summed E-state index contributed by atoms with van der Waals surface area (Å²) >= 11 is 0. The maximum atomic E-state index is 6.05. The first kappa shape index (κ1) is 19.7. The molecule has 0 N–H and O–H groups in total. The van der Waals surface area contributed by atoms with E-state index in [0.717, 1.165) is 13.2 Å². The lowest BCUT2D eigenvalue weighted by molar-refractivity contribution is 0.123. The van der Waals surface area contributed by atoms with Crippen molar-refractivity contribution in [1.29, 1.82) is 0 Å². The van der Waals surface area contributed by atoms with Gasteiger partial charge in [0.2, 0.25) is 0 Å². The van der Waals surface area contributed by atoms with E-state index in [-0.39, 0.29) is 0 Å². The molecule has 0 radical (unpaired) electrons. The Balaban J connectivity index is 1.69. The van der Waals surface area contributed by atoms with E-state index < -0.39 is 0 Å². The fraction of sp³-hybridized carbons (Fsp3) is 0.500. The Morgan fingerprint density at radius 2 is 1.12 bits per heavy atom. The van der Waals surface area contributed by atoms with Gasteiger partial charge in [0.05, 0.1) is 6.61 Å². The minimum absolute atomic E-state index is 0.330. The number of hydrogen-bond donors (Lipinski definition) is 0. The summed E-state index contributed by atoms with van der Waals surface area (Å²) in [7, 11) is 0. The van der Waals surface area contributed by atoms with Gasteiger partial charge in [-0.15, -0.1) is 0 Å².